The van der Waals surface area contributed by atoms with Crippen LogP contribution >= 0.6 is 0 Å². The van der Waals surface area contributed by atoms with Gasteiger partial charge in [-0.05, 0) is 46.9 Å². The van der Waals surface area contributed by atoms with Crippen molar-refractivity contribution in [3.8, 4) is 22.5 Å². The monoisotopic (exact) mass is 473 g/mol. The Labute approximate surface area is 199 Å². The molecule has 0 unspecified atom stereocenters. The first-order valence-electron chi connectivity index (χ1n) is 11.1. The van der Waals surface area contributed by atoms with Crippen molar-refractivity contribution in [1.82, 2.24) is 25.2 Å². The molecule has 10 nitrogen and oxygen atoms in total. The topological polar surface area (TPSA) is 151 Å². The summed E-state index contributed by atoms with van der Waals surface area (Å²) in [5.74, 6) is -2.65. The molecule has 4 rings (SSSR count). The number of carboxylic acid groups (broad SMARTS) is 2. The zero-order chi connectivity index (χ0) is 24.9. The molecule has 0 saturated carbocycles. The largest absolute Gasteiger partial charge is 0.478 e. The smallest absolute Gasteiger partial charge is 0.342 e. The first kappa shape index (κ1) is 23.6. The van der Waals surface area contributed by atoms with Crippen LogP contribution in [0.5, 0.6) is 0 Å². The second-order valence-corrected chi connectivity index (χ2v) is 8.01. The van der Waals surface area contributed by atoms with Gasteiger partial charge in [0.1, 0.15) is 5.56 Å². The maximum Gasteiger partial charge on any atom is 0.342 e. The summed E-state index contributed by atoms with van der Waals surface area (Å²) in [5, 5.41) is 33.4. The molecule has 0 spiro atoms. The first-order valence-corrected chi connectivity index (χ1v) is 11.1. The number of rotatable bonds is 9. The van der Waals surface area contributed by atoms with E-state index in [0.29, 0.717) is 35.5 Å². The summed E-state index contributed by atoms with van der Waals surface area (Å²) in [6.07, 6.45) is 1.97. The van der Waals surface area contributed by atoms with Gasteiger partial charge >= 0.3 is 11.9 Å². The Morgan fingerprint density at radius 1 is 1.00 bits per heavy atom. The molecule has 0 amide bonds. The SMILES string of the molecule is CCCCc1cc(C(=O)O)c(C(=O)O)c(=O)n1Cc1ccc(-c2ccccc2)c(-c2nn[nH]n2)c1. The number of nitrogens with zero attached hydrogens (tertiary/aromatic N) is 4. The summed E-state index contributed by atoms with van der Waals surface area (Å²) < 4.78 is 1.34. The molecule has 0 aliphatic rings. The van der Waals surface area contributed by atoms with Crippen molar-refractivity contribution >= 4 is 11.9 Å². The minimum atomic E-state index is -1.57. The molecule has 4 aromatic rings. The second kappa shape index (κ2) is 10.1. The Bertz CT molecular complexity index is 1430. The molecule has 0 radical (unpaired) electrons. The van der Waals surface area contributed by atoms with Crippen LogP contribution in [-0.2, 0) is 13.0 Å². The average Bonchev–Trinajstić information content (AvgIpc) is 3.39. The van der Waals surface area contributed by atoms with Crippen LogP contribution < -0.4 is 5.56 Å². The maximum absolute atomic E-state index is 13.2. The Hall–Kier alpha value is -4.60. The van der Waals surface area contributed by atoms with E-state index in [0.717, 1.165) is 17.5 Å². The number of aromatic nitrogens is 5. The van der Waals surface area contributed by atoms with Crippen LogP contribution in [0, 0.1) is 0 Å². The standard InChI is InChI=1S/C25H23N5O5/c1-2-3-9-17-13-20(24(32)33)21(25(34)35)23(31)30(17)14-15-10-11-18(16-7-5-4-6-8-16)19(12-15)22-26-28-29-27-22/h4-8,10-13H,2-3,9,14H2,1H3,(H,32,33)(H,34,35)(H,26,27,28,29). The highest BCUT2D eigenvalue weighted by atomic mass is 16.4. The highest BCUT2D eigenvalue weighted by molar-refractivity contribution is 6.01. The van der Waals surface area contributed by atoms with Crippen molar-refractivity contribution in [2.24, 2.45) is 0 Å². The minimum absolute atomic E-state index is 0.0536. The predicted molar refractivity (Wildman–Crippen MR) is 127 cm³/mol. The molecule has 0 fully saturated rings. The van der Waals surface area contributed by atoms with Gasteiger partial charge in [-0.3, -0.25) is 4.79 Å². The summed E-state index contributed by atoms with van der Waals surface area (Å²) in [6.45, 7) is 2.03. The van der Waals surface area contributed by atoms with Gasteiger partial charge in [0.25, 0.3) is 5.56 Å². The number of aromatic amines is 1. The summed E-state index contributed by atoms with van der Waals surface area (Å²) in [5.41, 5.74) is 1.55. The molecule has 3 N–H and O–H groups in total. The molecule has 2 heterocycles. The fourth-order valence-electron chi connectivity index (χ4n) is 4.01. The first-order chi connectivity index (χ1) is 16.9. The molecule has 35 heavy (non-hydrogen) atoms. The predicted octanol–water partition coefficient (Wildman–Crippen LogP) is 3.48. The second-order valence-electron chi connectivity index (χ2n) is 8.01. The van der Waals surface area contributed by atoms with E-state index in [2.05, 4.69) is 20.6 Å². The lowest BCUT2D eigenvalue weighted by atomic mass is 9.96. The van der Waals surface area contributed by atoms with Gasteiger partial charge in [-0.1, -0.05) is 55.8 Å². The third kappa shape index (κ3) is 4.86. The zero-order valence-corrected chi connectivity index (χ0v) is 18.9. The molecule has 0 bridgehead atoms. The van der Waals surface area contributed by atoms with E-state index in [1.54, 1.807) is 0 Å². The Kier molecular flexibility index (Phi) is 6.81. The molecule has 0 aliphatic carbocycles. The average molecular weight is 473 g/mol. The van der Waals surface area contributed by atoms with Crippen LogP contribution in [0.2, 0.25) is 0 Å². The van der Waals surface area contributed by atoms with Crippen molar-refractivity contribution < 1.29 is 19.8 Å². The van der Waals surface area contributed by atoms with Crippen LogP contribution in [-0.4, -0.2) is 47.3 Å². The number of hydrogen-bond acceptors (Lipinski definition) is 6. The van der Waals surface area contributed by atoms with Gasteiger partial charge in [-0.2, -0.15) is 5.21 Å². The number of carbonyl (C=O) groups is 2. The fraction of sp³-hybridized carbons (Fsp3) is 0.200. The molecule has 10 heteroatoms. The van der Waals surface area contributed by atoms with Gasteiger partial charge in [0.05, 0.1) is 12.1 Å². The normalized spacial score (nSPS) is 10.9. The van der Waals surface area contributed by atoms with Crippen LogP contribution in [0.1, 0.15) is 51.7 Å². The van der Waals surface area contributed by atoms with E-state index in [1.165, 1.54) is 10.6 Å². The third-order valence-electron chi connectivity index (χ3n) is 5.71. The van der Waals surface area contributed by atoms with Crippen molar-refractivity contribution in [3.05, 3.63) is 87.3 Å². The Morgan fingerprint density at radius 3 is 2.40 bits per heavy atom. The number of hydrogen-bond donors (Lipinski definition) is 3. The van der Waals surface area contributed by atoms with Crippen LogP contribution in [0.4, 0.5) is 0 Å². The number of tetrazole rings is 1. The lowest BCUT2D eigenvalue weighted by Gasteiger charge is -2.17. The minimum Gasteiger partial charge on any atom is -0.478 e. The summed E-state index contributed by atoms with van der Waals surface area (Å²) in [7, 11) is 0. The zero-order valence-electron chi connectivity index (χ0n) is 18.9. The molecular weight excluding hydrogens is 450 g/mol. The molecule has 0 saturated heterocycles. The van der Waals surface area contributed by atoms with Gasteiger partial charge in [0.15, 0.2) is 0 Å². The van der Waals surface area contributed by atoms with Crippen molar-refractivity contribution in [1.29, 1.82) is 0 Å². The highest BCUT2D eigenvalue weighted by Gasteiger charge is 2.24. The van der Waals surface area contributed by atoms with Crippen LogP contribution in [0.3, 0.4) is 0 Å². The maximum atomic E-state index is 13.2. The van der Waals surface area contributed by atoms with E-state index >= 15 is 0 Å². The Balaban J connectivity index is 1.86. The quantitative estimate of drug-likeness (QED) is 0.334. The number of carboxylic acids is 2. The van der Waals surface area contributed by atoms with Gasteiger partial charge in [0.2, 0.25) is 5.82 Å². The van der Waals surface area contributed by atoms with E-state index in [4.69, 9.17) is 0 Å². The molecule has 178 valence electrons. The highest BCUT2D eigenvalue weighted by Crippen LogP contribution is 2.31. The van der Waals surface area contributed by atoms with Crippen molar-refractivity contribution in [3.63, 3.8) is 0 Å². The van der Waals surface area contributed by atoms with Crippen molar-refractivity contribution in [2.45, 2.75) is 32.7 Å². The van der Waals surface area contributed by atoms with E-state index in [1.807, 2.05) is 55.5 Å². The fourth-order valence-corrected chi connectivity index (χ4v) is 4.01. The number of benzene rings is 2. The van der Waals surface area contributed by atoms with Gasteiger partial charge in [-0.15, -0.1) is 10.2 Å². The van der Waals surface area contributed by atoms with E-state index < -0.39 is 28.6 Å². The number of H-pyrrole nitrogens is 1. The van der Waals surface area contributed by atoms with Gasteiger partial charge in [0, 0.05) is 11.3 Å². The van der Waals surface area contributed by atoms with Gasteiger partial charge < -0.3 is 14.8 Å². The molecule has 2 aromatic carbocycles. The number of aryl methyl sites for hydroxylation is 1. The number of unbranched alkanes of at least 4 members (excludes halogenated alkanes) is 1. The summed E-state index contributed by atoms with van der Waals surface area (Å²) in [4.78, 5) is 36.7. The molecule has 0 atom stereocenters. The van der Waals surface area contributed by atoms with Gasteiger partial charge in [-0.25, -0.2) is 9.59 Å². The van der Waals surface area contributed by atoms with Crippen LogP contribution in [0.25, 0.3) is 22.5 Å². The van der Waals surface area contributed by atoms with Crippen LogP contribution in [0.15, 0.2) is 59.4 Å². The summed E-state index contributed by atoms with van der Waals surface area (Å²) in [6, 6.07) is 16.5. The number of pyridine rings is 1. The Morgan fingerprint density at radius 2 is 1.77 bits per heavy atom. The number of aromatic carboxylic acids is 2. The van der Waals surface area contributed by atoms with E-state index in [-0.39, 0.29) is 6.54 Å². The third-order valence-corrected chi connectivity index (χ3v) is 5.71. The lowest BCUT2D eigenvalue weighted by molar-refractivity contribution is 0.0648. The lowest BCUT2D eigenvalue weighted by Crippen LogP contribution is -2.32. The van der Waals surface area contributed by atoms with E-state index in [9.17, 15) is 24.6 Å². The molecule has 2 aromatic heterocycles. The molecule has 0 aliphatic heterocycles. The van der Waals surface area contributed by atoms with Crippen molar-refractivity contribution in [2.75, 3.05) is 0 Å². The summed E-state index contributed by atoms with van der Waals surface area (Å²) >= 11 is 0. The number of nitrogens with one attached hydrogen (secondary N) is 1. The molecular formula is C25H23N5O5.